The van der Waals surface area contributed by atoms with Crippen LogP contribution in [0, 0.1) is 12.7 Å². The van der Waals surface area contributed by atoms with Crippen molar-refractivity contribution in [3.63, 3.8) is 0 Å². The first-order valence-electron chi connectivity index (χ1n) is 8.38. The van der Waals surface area contributed by atoms with Gasteiger partial charge in [0.05, 0.1) is 6.54 Å². The van der Waals surface area contributed by atoms with E-state index in [-0.39, 0.29) is 18.3 Å². The van der Waals surface area contributed by atoms with Gasteiger partial charge >= 0.3 is 0 Å². The van der Waals surface area contributed by atoms with E-state index in [4.69, 9.17) is 0 Å². The predicted octanol–water partition coefficient (Wildman–Crippen LogP) is 4.16. The number of likely N-dealkylation sites (N-methyl/N-ethyl adjacent to an activating group) is 1. The van der Waals surface area contributed by atoms with Gasteiger partial charge in [-0.3, -0.25) is 9.69 Å². The second kappa shape index (κ2) is 8.60. The minimum Gasteiger partial charge on any atom is -0.324 e. The fourth-order valence-electron chi connectivity index (χ4n) is 2.76. The summed E-state index contributed by atoms with van der Waals surface area (Å²) in [6.07, 6.45) is 0.873. The zero-order chi connectivity index (χ0) is 17.5. The molecule has 1 amide bonds. The number of nitrogens with zero attached hydrogens (tertiary/aromatic N) is 1. The first-order chi connectivity index (χ1) is 11.5. The average molecular weight is 328 g/mol. The van der Waals surface area contributed by atoms with Gasteiger partial charge in [-0.2, -0.15) is 0 Å². The Balaban J connectivity index is 2.02. The van der Waals surface area contributed by atoms with E-state index in [0.717, 1.165) is 35.3 Å². The van der Waals surface area contributed by atoms with Crippen LogP contribution in [0.25, 0.3) is 0 Å². The highest BCUT2D eigenvalue weighted by atomic mass is 19.1. The van der Waals surface area contributed by atoms with Crippen LogP contribution in [0.1, 0.15) is 30.5 Å². The molecule has 0 aliphatic rings. The van der Waals surface area contributed by atoms with Crippen LogP contribution in [0.5, 0.6) is 0 Å². The van der Waals surface area contributed by atoms with Crippen molar-refractivity contribution in [3.05, 3.63) is 65.0 Å². The molecule has 2 rings (SSSR count). The Kier molecular flexibility index (Phi) is 6.50. The number of carbonyl (C=O) groups excluding carboxylic acids is 1. The third kappa shape index (κ3) is 4.90. The monoisotopic (exact) mass is 328 g/mol. The van der Waals surface area contributed by atoms with E-state index in [1.807, 2.05) is 43.0 Å². The summed E-state index contributed by atoms with van der Waals surface area (Å²) in [5.74, 6) is -0.294. The molecular formula is C20H25FN2O. The topological polar surface area (TPSA) is 32.3 Å². The zero-order valence-electron chi connectivity index (χ0n) is 14.6. The van der Waals surface area contributed by atoms with Gasteiger partial charge in [0.2, 0.25) is 5.91 Å². The fourth-order valence-corrected chi connectivity index (χ4v) is 2.76. The fraction of sp³-hybridized carbons (Fsp3) is 0.350. The van der Waals surface area contributed by atoms with Crippen molar-refractivity contribution in [1.29, 1.82) is 0 Å². The molecule has 3 nitrogen and oxygen atoms in total. The molecule has 0 spiro atoms. The molecule has 0 bridgehead atoms. The first kappa shape index (κ1) is 18.1. The van der Waals surface area contributed by atoms with Crippen LogP contribution >= 0.6 is 0 Å². The molecule has 0 aliphatic carbocycles. The van der Waals surface area contributed by atoms with E-state index in [1.165, 1.54) is 12.1 Å². The minimum absolute atomic E-state index is 0.0442. The number of rotatable bonds is 7. The third-order valence-electron chi connectivity index (χ3n) is 4.11. The Morgan fingerprint density at radius 1 is 1.17 bits per heavy atom. The summed E-state index contributed by atoms with van der Waals surface area (Å²) < 4.78 is 13.3. The Morgan fingerprint density at radius 3 is 2.58 bits per heavy atom. The molecule has 0 aliphatic heterocycles. The van der Waals surface area contributed by atoms with E-state index in [9.17, 15) is 9.18 Å². The molecule has 0 heterocycles. The largest absolute Gasteiger partial charge is 0.324 e. The van der Waals surface area contributed by atoms with Crippen LogP contribution in [-0.4, -0.2) is 23.9 Å². The maximum absolute atomic E-state index is 13.3. The summed E-state index contributed by atoms with van der Waals surface area (Å²) in [4.78, 5) is 14.4. The lowest BCUT2D eigenvalue weighted by atomic mass is 10.1. The number of hydrogen-bond acceptors (Lipinski definition) is 2. The van der Waals surface area contributed by atoms with Crippen molar-refractivity contribution in [3.8, 4) is 0 Å². The predicted molar refractivity (Wildman–Crippen MR) is 96.5 cm³/mol. The summed E-state index contributed by atoms with van der Waals surface area (Å²) in [7, 11) is 0. The molecular weight excluding hydrogens is 303 g/mol. The summed E-state index contributed by atoms with van der Waals surface area (Å²) in [6.45, 7) is 7.63. The van der Waals surface area contributed by atoms with Crippen molar-refractivity contribution >= 4 is 11.6 Å². The van der Waals surface area contributed by atoms with Crippen LogP contribution in [0.15, 0.2) is 42.5 Å². The van der Waals surface area contributed by atoms with Gasteiger partial charge < -0.3 is 5.32 Å². The van der Waals surface area contributed by atoms with E-state index >= 15 is 0 Å². The molecule has 0 unspecified atom stereocenters. The Labute approximate surface area is 143 Å². The SMILES string of the molecule is CCc1cccc(C)c1NC(=O)CN(CC)Cc1cccc(F)c1. The quantitative estimate of drug-likeness (QED) is 0.828. The zero-order valence-corrected chi connectivity index (χ0v) is 14.6. The number of benzene rings is 2. The third-order valence-corrected chi connectivity index (χ3v) is 4.11. The van der Waals surface area contributed by atoms with Crippen LogP contribution < -0.4 is 5.32 Å². The van der Waals surface area contributed by atoms with E-state index in [2.05, 4.69) is 12.2 Å². The molecule has 128 valence electrons. The lowest BCUT2D eigenvalue weighted by molar-refractivity contribution is -0.117. The molecule has 24 heavy (non-hydrogen) atoms. The summed E-state index contributed by atoms with van der Waals surface area (Å²) in [6, 6.07) is 12.5. The number of para-hydroxylation sites is 1. The number of amides is 1. The van der Waals surface area contributed by atoms with Gasteiger partial charge in [-0.1, -0.05) is 44.2 Å². The molecule has 2 aromatic carbocycles. The number of anilines is 1. The molecule has 0 atom stereocenters. The summed E-state index contributed by atoms with van der Waals surface area (Å²) in [5.41, 5.74) is 3.98. The van der Waals surface area contributed by atoms with Crippen molar-refractivity contribution < 1.29 is 9.18 Å². The van der Waals surface area contributed by atoms with Crippen LogP contribution in [0.3, 0.4) is 0 Å². The maximum Gasteiger partial charge on any atom is 0.238 e. The molecule has 0 saturated carbocycles. The average Bonchev–Trinajstić information content (AvgIpc) is 2.56. The van der Waals surface area contributed by atoms with Gasteiger partial charge in [-0.15, -0.1) is 0 Å². The Hall–Kier alpha value is -2.20. The highest BCUT2D eigenvalue weighted by Gasteiger charge is 2.13. The van der Waals surface area contributed by atoms with E-state index in [0.29, 0.717) is 6.54 Å². The number of hydrogen-bond donors (Lipinski definition) is 1. The molecule has 0 saturated heterocycles. The normalized spacial score (nSPS) is 10.9. The number of nitrogens with one attached hydrogen (secondary N) is 1. The number of aryl methyl sites for hydroxylation is 2. The second-order valence-corrected chi connectivity index (χ2v) is 5.94. The van der Waals surface area contributed by atoms with Crippen LogP contribution in [0.4, 0.5) is 10.1 Å². The smallest absolute Gasteiger partial charge is 0.238 e. The molecule has 1 N–H and O–H groups in total. The highest BCUT2D eigenvalue weighted by Crippen LogP contribution is 2.21. The summed E-state index contributed by atoms with van der Waals surface area (Å²) >= 11 is 0. The van der Waals surface area contributed by atoms with Gasteiger partial charge in [0.1, 0.15) is 5.82 Å². The van der Waals surface area contributed by atoms with Gasteiger partial charge in [-0.25, -0.2) is 4.39 Å². The molecule has 0 radical (unpaired) electrons. The van der Waals surface area contributed by atoms with Gasteiger partial charge in [0.25, 0.3) is 0 Å². The molecule has 2 aromatic rings. The van der Waals surface area contributed by atoms with Crippen LogP contribution in [-0.2, 0) is 17.8 Å². The summed E-state index contributed by atoms with van der Waals surface area (Å²) in [5, 5.41) is 3.04. The van der Waals surface area contributed by atoms with E-state index < -0.39 is 0 Å². The minimum atomic E-state index is -0.250. The number of carbonyl (C=O) groups is 1. The van der Waals surface area contributed by atoms with Crippen molar-refractivity contribution in [1.82, 2.24) is 4.90 Å². The Morgan fingerprint density at radius 2 is 1.92 bits per heavy atom. The van der Waals surface area contributed by atoms with Gasteiger partial charge in [0, 0.05) is 12.2 Å². The van der Waals surface area contributed by atoms with Gasteiger partial charge in [0.15, 0.2) is 0 Å². The number of halogens is 1. The van der Waals surface area contributed by atoms with Gasteiger partial charge in [-0.05, 0) is 48.7 Å². The Bertz CT molecular complexity index is 700. The standard InChI is InChI=1S/C20H25FN2O/c1-4-17-10-6-8-15(3)20(17)22-19(24)14-23(5-2)13-16-9-7-11-18(21)12-16/h6-12H,4-5,13-14H2,1-3H3,(H,22,24). The first-order valence-corrected chi connectivity index (χ1v) is 8.38. The lowest BCUT2D eigenvalue weighted by Crippen LogP contribution is -2.33. The lowest BCUT2D eigenvalue weighted by Gasteiger charge is -2.21. The van der Waals surface area contributed by atoms with E-state index in [1.54, 1.807) is 6.07 Å². The molecule has 0 aromatic heterocycles. The maximum atomic E-state index is 13.3. The molecule has 4 heteroatoms. The molecule has 0 fully saturated rings. The highest BCUT2D eigenvalue weighted by molar-refractivity contribution is 5.93. The second-order valence-electron chi connectivity index (χ2n) is 5.94. The van der Waals surface area contributed by atoms with Crippen LogP contribution in [0.2, 0.25) is 0 Å². The van der Waals surface area contributed by atoms with Crippen molar-refractivity contribution in [2.45, 2.75) is 33.7 Å². The van der Waals surface area contributed by atoms with Crippen molar-refractivity contribution in [2.24, 2.45) is 0 Å². The van der Waals surface area contributed by atoms with Crippen molar-refractivity contribution in [2.75, 3.05) is 18.4 Å².